The van der Waals surface area contributed by atoms with Gasteiger partial charge in [-0.2, -0.15) is 0 Å². The average Bonchev–Trinajstić information content (AvgIpc) is 2.19. The molecule has 15 heavy (non-hydrogen) atoms. The van der Waals surface area contributed by atoms with Gasteiger partial charge in [-0.1, -0.05) is 0 Å². The van der Waals surface area contributed by atoms with E-state index in [0.29, 0.717) is 0 Å². The van der Waals surface area contributed by atoms with Gasteiger partial charge in [0.15, 0.2) is 11.6 Å². The summed E-state index contributed by atoms with van der Waals surface area (Å²) in [7, 11) is 4.09. The summed E-state index contributed by atoms with van der Waals surface area (Å²) >= 11 is 0. The van der Waals surface area contributed by atoms with Gasteiger partial charge in [0.2, 0.25) is 0 Å². The Morgan fingerprint density at radius 2 is 1.80 bits per heavy atom. The van der Waals surface area contributed by atoms with Crippen LogP contribution in [0.4, 0.5) is 8.78 Å². The monoisotopic (exact) mass is 215 g/mol. The topological polar surface area (TPSA) is 29.5 Å². The molecule has 0 saturated heterocycles. The zero-order chi connectivity index (χ0) is 11.6. The highest BCUT2D eigenvalue weighted by Crippen LogP contribution is 2.25. The van der Waals surface area contributed by atoms with Crippen LogP contribution in [-0.2, 0) is 0 Å². The molecule has 0 N–H and O–H groups in total. The molecular formula is C10H11F2NO2. The van der Waals surface area contributed by atoms with Crippen LogP contribution in [0.2, 0.25) is 0 Å². The highest BCUT2D eigenvalue weighted by atomic mass is 19.1. The summed E-state index contributed by atoms with van der Waals surface area (Å²) in [6.45, 7) is 0. The molecule has 0 aromatic heterocycles. The average molecular weight is 215 g/mol. The first-order valence-electron chi connectivity index (χ1n) is 4.22. The van der Waals surface area contributed by atoms with E-state index in [4.69, 9.17) is 0 Å². The quantitative estimate of drug-likeness (QED) is 0.751. The van der Waals surface area contributed by atoms with Crippen molar-refractivity contribution in [1.82, 2.24) is 4.90 Å². The molecule has 3 nitrogen and oxygen atoms in total. The molecule has 1 aromatic carbocycles. The van der Waals surface area contributed by atoms with Crippen molar-refractivity contribution >= 4 is 5.91 Å². The lowest BCUT2D eigenvalue weighted by molar-refractivity contribution is 0.0818. The summed E-state index contributed by atoms with van der Waals surface area (Å²) in [5.41, 5.74) is -0.387. The molecule has 0 radical (unpaired) electrons. The predicted molar refractivity (Wildman–Crippen MR) is 50.9 cm³/mol. The number of carbonyl (C=O) groups is 1. The van der Waals surface area contributed by atoms with Crippen LogP contribution in [0.1, 0.15) is 10.4 Å². The molecule has 0 unspecified atom stereocenters. The smallest absolute Gasteiger partial charge is 0.260 e. The highest BCUT2D eigenvalue weighted by molar-refractivity contribution is 5.97. The first-order chi connectivity index (χ1) is 6.99. The summed E-state index contributed by atoms with van der Waals surface area (Å²) in [5.74, 6) is -2.56. The van der Waals surface area contributed by atoms with Crippen LogP contribution in [0, 0.1) is 11.6 Å². The zero-order valence-corrected chi connectivity index (χ0v) is 8.67. The minimum absolute atomic E-state index is 0.367. The van der Waals surface area contributed by atoms with Gasteiger partial charge in [-0.05, 0) is 12.1 Å². The second-order valence-electron chi connectivity index (χ2n) is 3.14. The fraction of sp³-hybridized carbons (Fsp3) is 0.300. The fourth-order valence-corrected chi connectivity index (χ4v) is 1.16. The van der Waals surface area contributed by atoms with Gasteiger partial charge in [-0.25, -0.2) is 8.78 Å². The molecule has 0 atom stereocenters. The Morgan fingerprint density at radius 1 is 1.27 bits per heavy atom. The molecule has 0 aliphatic rings. The lowest BCUT2D eigenvalue weighted by Crippen LogP contribution is -2.23. The standard InChI is InChI=1S/C10H11F2NO2/c1-13(2)10(14)8-6(11)4-5-7(12)9(8)15-3/h4-5H,1-3H3. The van der Waals surface area contributed by atoms with Crippen molar-refractivity contribution in [2.45, 2.75) is 0 Å². The van der Waals surface area contributed by atoms with Crippen LogP contribution in [0.3, 0.4) is 0 Å². The van der Waals surface area contributed by atoms with Gasteiger partial charge < -0.3 is 9.64 Å². The Kier molecular flexibility index (Phi) is 3.24. The predicted octanol–water partition coefficient (Wildman–Crippen LogP) is 1.68. The van der Waals surface area contributed by atoms with Crippen LogP contribution in [0.25, 0.3) is 0 Å². The molecule has 0 aliphatic heterocycles. The Hall–Kier alpha value is -1.65. The minimum Gasteiger partial charge on any atom is -0.493 e. The third-order valence-electron chi connectivity index (χ3n) is 1.88. The van der Waals surface area contributed by atoms with E-state index in [1.165, 1.54) is 21.2 Å². The number of nitrogens with zero attached hydrogens (tertiary/aromatic N) is 1. The molecule has 0 fully saturated rings. The Balaban J connectivity index is 3.37. The number of methoxy groups -OCH3 is 1. The van der Waals surface area contributed by atoms with Crippen molar-refractivity contribution < 1.29 is 18.3 Å². The maximum atomic E-state index is 13.3. The molecule has 0 heterocycles. The van der Waals surface area contributed by atoms with Gasteiger partial charge in [-0.15, -0.1) is 0 Å². The van der Waals surface area contributed by atoms with Crippen LogP contribution in [0.15, 0.2) is 12.1 Å². The first-order valence-corrected chi connectivity index (χ1v) is 4.22. The van der Waals surface area contributed by atoms with E-state index in [1.54, 1.807) is 0 Å². The number of halogens is 2. The van der Waals surface area contributed by atoms with Gasteiger partial charge in [-0.3, -0.25) is 4.79 Å². The molecule has 82 valence electrons. The summed E-state index contributed by atoms with van der Waals surface area (Å²) in [4.78, 5) is 12.7. The SMILES string of the molecule is COc1c(F)ccc(F)c1C(=O)N(C)C. The number of benzene rings is 1. The molecule has 5 heteroatoms. The van der Waals surface area contributed by atoms with Crippen molar-refractivity contribution in [3.63, 3.8) is 0 Å². The number of amides is 1. The van der Waals surface area contributed by atoms with E-state index in [9.17, 15) is 13.6 Å². The maximum absolute atomic E-state index is 13.3. The third kappa shape index (κ3) is 2.06. The van der Waals surface area contributed by atoms with E-state index in [0.717, 1.165) is 17.0 Å². The maximum Gasteiger partial charge on any atom is 0.260 e. The third-order valence-corrected chi connectivity index (χ3v) is 1.88. The number of carbonyl (C=O) groups excluding carboxylic acids is 1. The summed E-state index contributed by atoms with van der Waals surface area (Å²) in [6.07, 6.45) is 0. The Morgan fingerprint density at radius 3 is 2.27 bits per heavy atom. The van der Waals surface area contributed by atoms with Gasteiger partial charge in [0.05, 0.1) is 7.11 Å². The molecule has 1 aromatic rings. The summed E-state index contributed by atoms with van der Waals surface area (Å²) < 4.78 is 31.2. The van der Waals surface area contributed by atoms with Crippen LogP contribution < -0.4 is 4.74 Å². The zero-order valence-electron chi connectivity index (χ0n) is 8.67. The molecule has 0 spiro atoms. The normalized spacial score (nSPS) is 9.93. The molecule has 1 amide bonds. The second kappa shape index (κ2) is 4.25. The Labute approximate surface area is 86.3 Å². The van der Waals surface area contributed by atoms with E-state index < -0.39 is 17.5 Å². The van der Waals surface area contributed by atoms with Crippen molar-refractivity contribution in [2.75, 3.05) is 21.2 Å². The largest absolute Gasteiger partial charge is 0.493 e. The number of hydrogen-bond acceptors (Lipinski definition) is 2. The summed E-state index contributed by atoms with van der Waals surface area (Å²) in [5, 5.41) is 0. The van der Waals surface area contributed by atoms with E-state index >= 15 is 0 Å². The molecule has 0 saturated carbocycles. The van der Waals surface area contributed by atoms with Crippen molar-refractivity contribution in [3.8, 4) is 5.75 Å². The van der Waals surface area contributed by atoms with Crippen LogP contribution in [-0.4, -0.2) is 32.0 Å². The van der Waals surface area contributed by atoms with Gasteiger partial charge in [0.25, 0.3) is 5.91 Å². The second-order valence-corrected chi connectivity index (χ2v) is 3.14. The highest BCUT2D eigenvalue weighted by Gasteiger charge is 2.22. The fourth-order valence-electron chi connectivity index (χ4n) is 1.16. The van der Waals surface area contributed by atoms with Gasteiger partial charge in [0.1, 0.15) is 11.4 Å². The molecule has 0 aliphatic carbocycles. The van der Waals surface area contributed by atoms with Crippen molar-refractivity contribution in [1.29, 1.82) is 0 Å². The van der Waals surface area contributed by atoms with Gasteiger partial charge in [0, 0.05) is 14.1 Å². The van der Waals surface area contributed by atoms with Crippen LogP contribution in [0.5, 0.6) is 5.75 Å². The van der Waals surface area contributed by atoms with E-state index in [1.807, 2.05) is 0 Å². The summed E-state index contributed by atoms with van der Waals surface area (Å²) in [6, 6.07) is 1.81. The van der Waals surface area contributed by atoms with E-state index in [2.05, 4.69) is 4.74 Å². The number of hydrogen-bond donors (Lipinski definition) is 0. The number of ether oxygens (including phenoxy) is 1. The van der Waals surface area contributed by atoms with Crippen molar-refractivity contribution in [3.05, 3.63) is 29.3 Å². The number of rotatable bonds is 2. The van der Waals surface area contributed by atoms with E-state index in [-0.39, 0.29) is 11.3 Å². The lowest BCUT2D eigenvalue weighted by Gasteiger charge is -2.14. The molecule has 1 rings (SSSR count). The lowest BCUT2D eigenvalue weighted by atomic mass is 10.1. The van der Waals surface area contributed by atoms with Gasteiger partial charge >= 0.3 is 0 Å². The van der Waals surface area contributed by atoms with Crippen molar-refractivity contribution in [2.24, 2.45) is 0 Å². The Bertz CT molecular complexity index is 391. The minimum atomic E-state index is -0.799. The molecule has 0 bridgehead atoms. The molecular weight excluding hydrogens is 204 g/mol. The first kappa shape index (κ1) is 11.4. The van der Waals surface area contributed by atoms with Crippen LogP contribution >= 0.6 is 0 Å².